The van der Waals surface area contributed by atoms with Crippen molar-refractivity contribution in [1.29, 1.82) is 0 Å². The van der Waals surface area contributed by atoms with Crippen LogP contribution in [0.2, 0.25) is 0 Å². The molecule has 0 atom stereocenters. The lowest BCUT2D eigenvalue weighted by atomic mass is 9.96. The molecule has 1 fully saturated rings. The highest BCUT2D eigenvalue weighted by molar-refractivity contribution is 7.12. The van der Waals surface area contributed by atoms with E-state index in [0.717, 1.165) is 4.88 Å². The van der Waals surface area contributed by atoms with Gasteiger partial charge in [-0.3, -0.25) is 25.2 Å². The van der Waals surface area contributed by atoms with Gasteiger partial charge in [-0.2, -0.15) is 0 Å². The molecule has 25 heavy (non-hydrogen) atoms. The lowest BCUT2D eigenvalue weighted by Crippen LogP contribution is -2.48. The van der Waals surface area contributed by atoms with E-state index in [1.807, 2.05) is 23.6 Å². The van der Waals surface area contributed by atoms with Crippen LogP contribution >= 0.6 is 11.3 Å². The molecule has 2 N–H and O–H groups in total. The maximum Gasteiger partial charge on any atom is 0.269 e. The number of carbonyl (C=O) groups excluding carboxylic acids is 3. The van der Waals surface area contributed by atoms with Crippen molar-refractivity contribution in [3.05, 3.63) is 58.3 Å². The number of nitrogens with zero attached hydrogens (tertiary/aromatic N) is 1. The fraction of sp³-hybridized carbons (Fsp3) is 0.278. The number of thiophene rings is 1. The molecule has 1 aliphatic heterocycles. The van der Waals surface area contributed by atoms with Gasteiger partial charge in [0, 0.05) is 24.6 Å². The molecule has 0 saturated carbocycles. The van der Waals surface area contributed by atoms with Crippen LogP contribution in [0.4, 0.5) is 0 Å². The average Bonchev–Trinajstić information content (AvgIpc) is 3.21. The van der Waals surface area contributed by atoms with E-state index in [4.69, 9.17) is 0 Å². The molecule has 0 spiro atoms. The maximum atomic E-state index is 12.3. The van der Waals surface area contributed by atoms with Gasteiger partial charge in [-0.05, 0) is 36.4 Å². The Hall–Kier alpha value is -2.67. The van der Waals surface area contributed by atoms with Gasteiger partial charge in [-0.25, -0.2) is 0 Å². The topological polar surface area (TPSA) is 78.5 Å². The molecule has 7 heteroatoms. The first-order valence-electron chi connectivity index (χ1n) is 8.13. The average molecular weight is 357 g/mol. The van der Waals surface area contributed by atoms with Crippen LogP contribution in [0.5, 0.6) is 0 Å². The molecule has 0 radical (unpaired) electrons. The van der Waals surface area contributed by atoms with Crippen molar-refractivity contribution >= 4 is 29.1 Å². The summed E-state index contributed by atoms with van der Waals surface area (Å²) in [7, 11) is 0. The molecule has 1 saturated heterocycles. The van der Waals surface area contributed by atoms with Crippen LogP contribution in [0.25, 0.3) is 0 Å². The Morgan fingerprint density at radius 1 is 0.960 bits per heavy atom. The summed E-state index contributed by atoms with van der Waals surface area (Å²) in [6.07, 6.45) is 1.17. The van der Waals surface area contributed by atoms with E-state index in [1.54, 1.807) is 29.2 Å². The number of hydrogen-bond donors (Lipinski definition) is 2. The highest BCUT2D eigenvalue weighted by Crippen LogP contribution is 2.20. The molecule has 1 aliphatic rings. The van der Waals surface area contributed by atoms with Crippen LogP contribution in [0.3, 0.4) is 0 Å². The number of likely N-dealkylation sites (tertiary alicyclic amines) is 1. The molecule has 2 aromatic rings. The van der Waals surface area contributed by atoms with Crippen molar-refractivity contribution < 1.29 is 14.4 Å². The van der Waals surface area contributed by atoms with Crippen molar-refractivity contribution in [2.24, 2.45) is 5.92 Å². The Kier molecular flexibility index (Phi) is 5.45. The number of benzene rings is 1. The Labute approximate surface area is 149 Å². The van der Waals surface area contributed by atoms with Gasteiger partial charge in [0.25, 0.3) is 11.8 Å². The number of hydrogen-bond acceptors (Lipinski definition) is 4. The second kappa shape index (κ2) is 7.94. The number of nitrogens with one attached hydrogen (secondary N) is 2. The largest absolute Gasteiger partial charge is 0.338 e. The molecule has 6 nitrogen and oxygen atoms in total. The van der Waals surface area contributed by atoms with Crippen molar-refractivity contribution in [2.75, 3.05) is 13.1 Å². The monoisotopic (exact) mass is 357 g/mol. The maximum absolute atomic E-state index is 12.3. The summed E-state index contributed by atoms with van der Waals surface area (Å²) in [6.45, 7) is 1.09. The van der Waals surface area contributed by atoms with Gasteiger partial charge in [-0.15, -0.1) is 11.3 Å². The Morgan fingerprint density at radius 3 is 2.32 bits per heavy atom. The van der Waals surface area contributed by atoms with Crippen molar-refractivity contribution in [1.82, 2.24) is 15.8 Å². The second-order valence-electron chi connectivity index (χ2n) is 5.85. The molecular weight excluding hydrogens is 338 g/mol. The predicted octanol–water partition coefficient (Wildman–Crippen LogP) is 2.06. The first-order valence-corrected chi connectivity index (χ1v) is 9.01. The van der Waals surface area contributed by atoms with E-state index in [0.29, 0.717) is 31.5 Å². The second-order valence-corrected chi connectivity index (χ2v) is 6.80. The van der Waals surface area contributed by atoms with Gasteiger partial charge in [0.05, 0.1) is 4.88 Å². The summed E-state index contributed by atoms with van der Waals surface area (Å²) in [5.74, 6) is -0.749. The van der Waals surface area contributed by atoms with E-state index in [1.165, 1.54) is 11.3 Å². The molecule has 1 aromatic heterocycles. The summed E-state index contributed by atoms with van der Waals surface area (Å²) in [4.78, 5) is 38.9. The zero-order valence-corrected chi connectivity index (χ0v) is 14.4. The van der Waals surface area contributed by atoms with Crippen LogP contribution < -0.4 is 10.9 Å². The lowest BCUT2D eigenvalue weighted by Gasteiger charge is -2.31. The number of carbonyl (C=O) groups is 3. The molecular formula is C18H19N3O3S. The van der Waals surface area contributed by atoms with E-state index in [2.05, 4.69) is 10.9 Å². The molecule has 3 rings (SSSR count). The molecule has 130 valence electrons. The fourth-order valence-electron chi connectivity index (χ4n) is 2.78. The van der Waals surface area contributed by atoms with Crippen molar-refractivity contribution in [2.45, 2.75) is 12.8 Å². The number of piperidine rings is 1. The van der Waals surface area contributed by atoms with Crippen molar-refractivity contribution in [3.63, 3.8) is 0 Å². The molecule has 2 heterocycles. The minimum atomic E-state index is -0.348. The predicted molar refractivity (Wildman–Crippen MR) is 95.0 cm³/mol. The van der Waals surface area contributed by atoms with Gasteiger partial charge in [0.1, 0.15) is 0 Å². The minimum absolute atomic E-state index is 0.0197. The number of hydrazine groups is 1. The highest BCUT2D eigenvalue weighted by Gasteiger charge is 2.28. The third-order valence-corrected chi connectivity index (χ3v) is 5.08. The molecule has 0 bridgehead atoms. The van der Waals surface area contributed by atoms with E-state index < -0.39 is 0 Å². The van der Waals surface area contributed by atoms with Crippen LogP contribution in [0.15, 0.2) is 47.8 Å². The van der Waals surface area contributed by atoms with Gasteiger partial charge >= 0.3 is 0 Å². The number of amides is 3. The zero-order valence-electron chi connectivity index (χ0n) is 13.6. The molecule has 0 unspecified atom stereocenters. The first-order chi connectivity index (χ1) is 12.1. The van der Waals surface area contributed by atoms with Gasteiger partial charge < -0.3 is 4.90 Å². The van der Waals surface area contributed by atoms with Crippen LogP contribution in [0.1, 0.15) is 32.9 Å². The van der Waals surface area contributed by atoms with E-state index in [9.17, 15) is 14.4 Å². The van der Waals surface area contributed by atoms with E-state index >= 15 is 0 Å². The molecule has 1 aromatic carbocycles. The highest BCUT2D eigenvalue weighted by atomic mass is 32.1. The van der Waals surface area contributed by atoms with Gasteiger partial charge in [-0.1, -0.05) is 24.3 Å². The van der Waals surface area contributed by atoms with Crippen LogP contribution in [-0.4, -0.2) is 35.7 Å². The van der Waals surface area contributed by atoms with Crippen LogP contribution in [0, 0.1) is 5.92 Å². The summed E-state index contributed by atoms with van der Waals surface area (Å²) in [6, 6.07) is 12.4. The van der Waals surface area contributed by atoms with E-state index in [-0.39, 0.29) is 23.6 Å². The van der Waals surface area contributed by atoms with Gasteiger partial charge in [0.15, 0.2) is 0 Å². The Morgan fingerprint density at radius 2 is 1.68 bits per heavy atom. The summed E-state index contributed by atoms with van der Waals surface area (Å²) in [5.41, 5.74) is 5.40. The zero-order chi connectivity index (χ0) is 17.6. The summed E-state index contributed by atoms with van der Waals surface area (Å²) < 4.78 is 0. The summed E-state index contributed by atoms with van der Waals surface area (Å²) in [5, 5.41) is 1.88. The Bertz CT molecular complexity index is 738. The summed E-state index contributed by atoms with van der Waals surface area (Å²) >= 11 is 1.42. The fourth-order valence-corrected chi connectivity index (χ4v) is 3.47. The quantitative estimate of drug-likeness (QED) is 0.826. The third kappa shape index (κ3) is 4.24. The minimum Gasteiger partial charge on any atom is -0.338 e. The SMILES string of the molecule is O=C(NNC(=O)C1CCN(C(=O)c2cccs2)CC1)c1ccccc1. The third-order valence-electron chi connectivity index (χ3n) is 4.22. The van der Waals surface area contributed by atoms with Crippen LogP contribution in [-0.2, 0) is 4.79 Å². The molecule has 0 aliphatic carbocycles. The smallest absolute Gasteiger partial charge is 0.269 e. The van der Waals surface area contributed by atoms with Gasteiger partial charge in [0.2, 0.25) is 5.91 Å². The Balaban J connectivity index is 1.45. The van der Waals surface area contributed by atoms with Crippen molar-refractivity contribution in [3.8, 4) is 0 Å². The molecule has 3 amide bonds. The first kappa shape index (κ1) is 17.2. The normalized spacial score (nSPS) is 14.8. The lowest BCUT2D eigenvalue weighted by molar-refractivity contribution is -0.127. The number of rotatable bonds is 3. The standard InChI is InChI=1S/C18H19N3O3S/c22-16(13-5-2-1-3-6-13)19-20-17(23)14-8-10-21(11-9-14)18(24)15-7-4-12-25-15/h1-7,12,14H,8-11H2,(H,19,22)(H,20,23).